The van der Waals surface area contributed by atoms with Gasteiger partial charge in [0.05, 0.1) is 16.9 Å². The lowest BCUT2D eigenvalue weighted by Gasteiger charge is -2.33. The second kappa shape index (κ2) is 11.7. The molecule has 39 heavy (non-hydrogen) atoms. The number of hydrogen-bond acceptors (Lipinski definition) is 8. The Labute approximate surface area is 228 Å². The summed E-state index contributed by atoms with van der Waals surface area (Å²) >= 11 is 0. The maximum Gasteiger partial charge on any atom is 0.270 e. The molecule has 0 spiro atoms. The molecule has 2 saturated carbocycles. The molecular formula is C30H34N6O3. The zero-order chi connectivity index (χ0) is 27.4. The lowest BCUT2D eigenvalue weighted by molar-refractivity contribution is 0.174. The number of aromatic nitrogens is 2. The monoisotopic (exact) mass is 526 g/mol. The molecule has 2 aromatic heterocycles. The summed E-state index contributed by atoms with van der Waals surface area (Å²) in [6, 6.07) is 13.7. The Morgan fingerprint density at radius 2 is 1.85 bits per heavy atom. The highest BCUT2D eigenvalue weighted by Crippen LogP contribution is 2.39. The van der Waals surface area contributed by atoms with Crippen LogP contribution in [0.2, 0.25) is 0 Å². The summed E-state index contributed by atoms with van der Waals surface area (Å²) in [6.45, 7) is 1.40. The average molecular weight is 527 g/mol. The van der Waals surface area contributed by atoms with Crippen molar-refractivity contribution in [2.45, 2.75) is 57.4 Å². The number of ether oxygens (including phenoxy) is 2. The van der Waals surface area contributed by atoms with E-state index in [0.29, 0.717) is 23.5 Å². The van der Waals surface area contributed by atoms with Gasteiger partial charge in [0.15, 0.2) is 11.5 Å². The van der Waals surface area contributed by atoms with Crippen molar-refractivity contribution in [2.75, 3.05) is 30.6 Å². The van der Waals surface area contributed by atoms with E-state index >= 15 is 0 Å². The van der Waals surface area contributed by atoms with Gasteiger partial charge < -0.3 is 24.3 Å². The van der Waals surface area contributed by atoms with Gasteiger partial charge in [-0.05, 0) is 55.9 Å². The SMILES string of the molecule is CN(c1c(C#N)c(=O)n(C)c2ccc(C#N)nc12)C1CCCCC1.c1cc(NCC2CCC2)c2c(c1)OCO2. The van der Waals surface area contributed by atoms with Crippen molar-refractivity contribution in [1.82, 2.24) is 9.55 Å². The Hall–Kier alpha value is -4.24. The van der Waals surface area contributed by atoms with E-state index < -0.39 is 0 Å². The predicted octanol–water partition coefficient (Wildman–Crippen LogP) is 5.07. The van der Waals surface area contributed by atoms with Crippen LogP contribution in [-0.2, 0) is 7.05 Å². The van der Waals surface area contributed by atoms with Crippen molar-refractivity contribution in [2.24, 2.45) is 13.0 Å². The van der Waals surface area contributed by atoms with E-state index in [-0.39, 0.29) is 22.9 Å². The molecule has 1 N–H and O–H groups in total. The van der Waals surface area contributed by atoms with Gasteiger partial charge in [0.2, 0.25) is 6.79 Å². The lowest BCUT2D eigenvalue weighted by atomic mass is 9.85. The first-order valence-corrected chi connectivity index (χ1v) is 13.7. The number of rotatable bonds is 5. The first-order valence-electron chi connectivity index (χ1n) is 13.7. The van der Waals surface area contributed by atoms with Gasteiger partial charge in [0, 0.05) is 26.7 Å². The second-order valence-corrected chi connectivity index (χ2v) is 10.5. The summed E-state index contributed by atoms with van der Waals surface area (Å²) in [4.78, 5) is 19.0. The van der Waals surface area contributed by atoms with Crippen LogP contribution >= 0.6 is 0 Å². The van der Waals surface area contributed by atoms with Gasteiger partial charge in [-0.25, -0.2) is 4.98 Å². The number of nitriles is 2. The Kier molecular flexibility index (Phi) is 7.88. The Balaban J connectivity index is 0.000000175. The number of pyridine rings is 2. The summed E-state index contributed by atoms with van der Waals surface area (Å²) in [6.07, 6.45) is 9.71. The van der Waals surface area contributed by atoms with Crippen LogP contribution in [0, 0.1) is 28.6 Å². The number of aryl methyl sites for hydroxylation is 1. The highest BCUT2D eigenvalue weighted by atomic mass is 16.7. The molecule has 0 atom stereocenters. The third-order valence-corrected chi connectivity index (χ3v) is 8.12. The summed E-state index contributed by atoms with van der Waals surface area (Å²) in [5.74, 6) is 2.58. The summed E-state index contributed by atoms with van der Waals surface area (Å²) in [5.41, 5.74) is 2.85. The summed E-state index contributed by atoms with van der Waals surface area (Å²) in [5, 5.41) is 22.2. The van der Waals surface area contributed by atoms with Gasteiger partial charge in [-0.2, -0.15) is 10.5 Å². The Morgan fingerprint density at radius 1 is 1.05 bits per heavy atom. The third-order valence-electron chi connectivity index (χ3n) is 8.12. The minimum Gasteiger partial charge on any atom is -0.454 e. The van der Waals surface area contributed by atoms with Crippen molar-refractivity contribution in [1.29, 1.82) is 10.5 Å². The molecular weight excluding hydrogens is 492 g/mol. The van der Waals surface area contributed by atoms with Crippen molar-refractivity contribution in [3.05, 3.63) is 51.9 Å². The van der Waals surface area contributed by atoms with Gasteiger partial charge in [-0.1, -0.05) is 31.7 Å². The molecule has 0 unspecified atom stereocenters. The summed E-state index contributed by atoms with van der Waals surface area (Å²) in [7, 11) is 3.55. The van der Waals surface area contributed by atoms with Gasteiger partial charge in [-0.15, -0.1) is 0 Å². The van der Waals surface area contributed by atoms with E-state index in [0.717, 1.165) is 55.3 Å². The fourth-order valence-corrected chi connectivity index (χ4v) is 5.57. The molecule has 3 aliphatic rings. The third kappa shape index (κ3) is 5.35. The molecule has 0 saturated heterocycles. The van der Waals surface area contributed by atoms with Crippen LogP contribution in [0.15, 0.2) is 35.1 Å². The van der Waals surface area contributed by atoms with Crippen molar-refractivity contribution in [3.8, 4) is 23.6 Å². The molecule has 2 fully saturated rings. The standard InChI is InChI=1S/C18H19N5O.C12H15NO2/c1-22(13-6-4-3-5-7-13)17-14(11-20)18(24)23(2)15-9-8-12(10-19)21-16(15)17;1-3-9(4-1)7-13-10-5-2-6-11-12(10)15-8-14-11/h8-9,13H,3-7H2,1-2H3;2,5-6,9,13H,1,3-4,7-8H2. The van der Waals surface area contributed by atoms with E-state index in [2.05, 4.69) is 16.4 Å². The average Bonchev–Trinajstić information content (AvgIpc) is 3.44. The van der Waals surface area contributed by atoms with Crippen molar-refractivity contribution in [3.63, 3.8) is 0 Å². The van der Waals surface area contributed by atoms with E-state index in [1.54, 1.807) is 19.2 Å². The fraction of sp³-hybridized carbons (Fsp3) is 0.467. The normalized spacial score (nSPS) is 16.4. The fourth-order valence-electron chi connectivity index (χ4n) is 5.57. The number of fused-ring (bicyclic) bond motifs is 2. The topological polar surface area (TPSA) is 116 Å². The number of nitrogens with zero attached hydrogens (tertiary/aromatic N) is 5. The molecule has 1 aliphatic heterocycles. The van der Waals surface area contributed by atoms with E-state index in [1.165, 1.54) is 30.3 Å². The minimum atomic E-state index is -0.325. The highest BCUT2D eigenvalue weighted by molar-refractivity contribution is 5.92. The minimum absolute atomic E-state index is 0.0978. The zero-order valence-corrected chi connectivity index (χ0v) is 22.6. The molecule has 1 aromatic carbocycles. The Bertz CT molecular complexity index is 1490. The highest BCUT2D eigenvalue weighted by Gasteiger charge is 2.26. The molecule has 3 aromatic rings. The van der Waals surface area contributed by atoms with Crippen LogP contribution in [0.3, 0.4) is 0 Å². The quantitative estimate of drug-likeness (QED) is 0.490. The molecule has 2 aliphatic carbocycles. The van der Waals surface area contributed by atoms with Crippen molar-refractivity contribution >= 4 is 22.4 Å². The molecule has 202 valence electrons. The van der Waals surface area contributed by atoms with Gasteiger partial charge in [0.1, 0.15) is 28.9 Å². The molecule has 0 radical (unpaired) electrons. The largest absolute Gasteiger partial charge is 0.454 e. The lowest BCUT2D eigenvalue weighted by Crippen LogP contribution is -2.36. The number of anilines is 2. The first-order chi connectivity index (χ1) is 19.0. The smallest absolute Gasteiger partial charge is 0.270 e. The van der Waals surface area contributed by atoms with E-state index in [9.17, 15) is 10.1 Å². The van der Waals surface area contributed by atoms with Crippen LogP contribution in [0.5, 0.6) is 11.5 Å². The number of para-hydroxylation sites is 1. The van der Waals surface area contributed by atoms with Gasteiger partial charge in [-0.3, -0.25) is 4.79 Å². The number of hydrogen-bond donors (Lipinski definition) is 1. The first kappa shape index (κ1) is 26.4. The predicted molar refractivity (Wildman–Crippen MR) is 150 cm³/mol. The van der Waals surface area contributed by atoms with Gasteiger partial charge in [0.25, 0.3) is 5.56 Å². The molecule has 0 amide bonds. The molecule has 9 nitrogen and oxygen atoms in total. The van der Waals surface area contributed by atoms with Gasteiger partial charge >= 0.3 is 0 Å². The Morgan fingerprint density at radius 3 is 2.54 bits per heavy atom. The molecule has 6 rings (SSSR count). The van der Waals surface area contributed by atoms with Crippen LogP contribution in [0.1, 0.15) is 62.6 Å². The second-order valence-electron chi connectivity index (χ2n) is 10.5. The van der Waals surface area contributed by atoms with Crippen LogP contribution in [0.25, 0.3) is 11.0 Å². The maximum absolute atomic E-state index is 12.6. The maximum atomic E-state index is 12.6. The number of benzene rings is 1. The number of nitrogens with one attached hydrogen (secondary N) is 1. The summed E-state index contributed by atoms with van der Waals surface area (Å²) < 4.78 is 12.2. The molecule has 3 heterocycles. The molecule has 9 heteroatoms. The van der Waals surface area contributed by atoms with Crippen molar-refractivity contribution < 1.29 is 9.47 Å². The molecule has 0 bridgehead atoms. The van der Waals surface area contributed by atoms with Crippen LogP contribution < -0.4 is 25.2 Å². The van der Waals surface area contributed by atoms with E-state index in [1.807, 2.05) is 36.2 Å². The zero-order valence-electron chi connectivity index (χ0n) is 22.6. The van der Waals surface area contributed by atoms with E-state index in [4.69, 9.17) is 14.7 Å². The van der Waals surface area contributed by atoms with Crippen LogP contribution in [0.4, 0.5) is 11.4 Å². The van der Waals surface area contributed by atoms with Crippen LogP contribution in [-0.4, -0.2) is 36.0 Å².